The number of ether oxygens (including phenoxy) is 1. The molecule has 1 atom stereocenters. The monoisotopic (exact) mass is 304 g/mol. The molecule has 0 saturated carbocycles. The molecule has 20 heavy (non-hydrogen) atoms. The summed E-state index contributed by atoms with van der Waals surface area (Å²) in [4.78, 5) is 16.0. The fraction of sp³-hybridized carbons (Fsp3) is 0.923. The third-order valence-electron chi connectivity index (χ3n) is 4.06. The van der Waals surface area contributed by atoms with Gasteiger partial charge in [0.1, 0.15) is 0 Å². The van der Waals surface area contributed by atoms with Crippen LogP contribution in [0.15, 0.2) is 0 Å². The Morgan fingerprint density at radius 3 is 2.50 bits per heavy atom. The summed E-state index contributed by atoms with van der Waals surface area (Å²) in [6, 6.07) is 0.153. The third kappa shape index (κ3) is 4.17. The number of amides is 1. The van der Waals surface area contributed by atoms with E-state index in [2.05, 4.69) is 4.90 Å². The van der Waals surface area contributed by atoms with Crippen molar-refractivity contribution in [3.8, 4) is 0 Å². The minimum atomic E-state index is -2.83. The van der Waals surface area contributed by atoms with Crippen LogP contribution in [0.1, 0.15) is 19.8 Å². The molecule has 2 fully saturated rings. The van der Waals surface area contributed by atoms with Crippen molar-refractivity contribution < 1.29 is 17.9 Å². The lowest BCUT2D eigenvalue weighted by atomic mass is 10.2. The highest BCUT2D eigenvalue weighted by Gasteiger charge is 2.34. The molecule has 0 spiro atoms. The fourth-order valence-corrected chi connectivity index (χ4v) is 4.62. The standard InChI is InChI=1S/C13H24N2O4S/c1-2-19-9-3-13(16)15-7-5-14(6-8-15)12-4-10-20(17,18)11-12/h12H,2-11H2,1H3. The molecule has 0 radical (unpaired) electrons. The Hall–Kier alpha value is -0.660. The van der Waals surface area contributed by atoms with E-state index in [0.717, 1.165) is 19.5 Å². The van der Waals surface area contributed by atoms with Crippen LogP contribution < -0.4 is 0 Å². The van der Waals surface area contributed by atoms with Crippen molar-refractivity contribution in [2.75, 3.05) is 50.9 Å². The van der Waals surface area contributed by atoms with Crippen LogP contribution in [0.25, 0.3) is 0 Å². The highest BCUT2D eigenvalue weighted by molar-refractivity contribution is 7.91. The van der Waals surface area contributed by atoms with Gasteiger partial charge in [-0.05, 0) is 13.3 Å². The summed E-state index contributed by atoms with van der Waals surface area (Å²) in [7, 11) is -2.83. The maximum atomic E-state index is 11.9. The van der Waals surface area contributed by atoms with E-state index in [-0.39, 0.29) is 17.7 Å². The molecule has 116 valence electrons. The summed E-state index contributed by atoms with van der Waals surface area (Å²) in [5.74, 6) is 0.730. The van der Waals surface area contributed by atoms with Crippen molar-refractivity contribution in [3.63, 3.8) is 0 Å². The molecule has 0 bridgehead atoms. The number of hydrogen-bond donors (Lipinski definition) is 0. The molecule has 0 N–H and O–H groups in total. The second-order valence-corrected chi connectivity index (χ2v) is 7.65. The van der Waals surface area contributed by atoms with Crippen molar-refractivity contribution in [1.29, 1.82) is 0 Å². The summed E-state index contributed by atoms with van der Waals surface area (Å²) in [5.41, 5.74) is 0. The Bertz CT molecular complexity index is 430. The van der Waals surface area contributed by atoms with E-state index in [1.807, 2.05) is 11.8 Å². The second-order valence-electron chi connectivity index (χ2n) is 5.42. The molecule has 7 heteroatoms. The number of nitrogens with zero attached hydrogens (tertiary/aromatic N) is 2. The van der Waals surface area contributed by atoms with Crippen LogP contribution in [-0.4, -0.2) is 81.1 Å². The Morgan fingerprint density at radius 2 is 1.95 bits per heavy atom. The van der Waals surface area contributed by atoms with E-state index in [1.165, 1.54) is 0 Å². The Labute approximate surface area is 121 Å². The summed E-state index contributed by atoms with van der Waals surface area (Å²) >= 11 is 0. The van der Waals surface area contributed by atoms with Gasteiger partial charge in [-0.15, -0.1) is 0 Å². The first kappa shape index (κ1) is 15.7. The molecule has 0 aromatic carbocycles. The van der Waals surface area contributed by atoms with E-state index in [4.69, 9.17) is 4.74 Å². The van der Waals surface area contributed by atoms with Gasteiger partial charge in [-0.3, -0.25) is 9.69 Å². The molecule has 0 aromatic rings. The van der Waals surface area contributed by atoms with Crippen molar-refractivity contribution in [2.24, 2.45) is 0 Å². The van der Waals surface area contributed by atoms with Gasteiger partial charge in [0.05, 0.1) is 24.5 Å². The summed E-state index contributed by atoms with van der Waals surface area (Å²) in [5, 5.41) is 0. The maximum absolute atomic E-state index is 11.9. The highest BCUT2D eigenvalue weighted by atomic mass is 32.2. The number of sulfone groups is 1. The lowest BCUT2D eigenvalue weighted by Crippen LogP contribution is -2.52. The van der Waals surface area contributed by atoms with Crippen molar-refractivity contribution in [3.05, 3.63) is 0 Å². The lowest BCUT2D eigenvalue weighted by molar-refractivity contribution is -0.134. The lowest BCUT2D eigenvalue weighted by Gasteiger charge is -2.37. The highest BCUT2D eigenvalue weighted by Crippen LogP contribution is 2.19. The van der Waals surface area contributed by atoms with Crippen LogP contribution in [0.4, 0.5) is 0 Å². The van der Waals surface area contributed by atoms with Gasteiger partial charge in [-0.1, -0.05) is 0 Å². The SMILES string of the molecule is CCOCCC(=O)N1CCN(C2CCS(=O)(=O)C2)CC1. The van der Waals surface area contributed by atoms with Gasteiger partial charge in [-0.2, -0.15) is 0 Å². The van der Waals surface area contributed by atoms with E-state index in [1.54, 1.807) is 0 Å². The van der Waals surface area contributed by atoms with Gasteiger partial charge < -0.3 is 9.64 Å². The minimum Gasteiger partial charge on any atom is -0.381 e. The zero-order chi connectivity index (χ0) is 14.6. The number of carbonyl (C=O) groups is 1. The molecule has 0 aromatic heterocycles. The van der Waals surface area contributed by atoms with Gasteiger partial charge in [0.2, 0.25) is 5.91 Å². The Morgan fingerprint density at radius 1 is 1.25 bits per heavy atom. The summed E-state index contributed by atoms with van der Waals surface area (Å²) < 4.78 is 28.2. The smallest absolute Gasteiger partial charge is 0.224 e. The van der Waals surface area contributed by atoms with Crippen molar-refractivity contribution in [2.45, 2.75) is 25.8 Å². The quantitative estimate of drug-likeness (QED) is 0.655. The molecular weight excluding hydrogens is 280 g/mol. The maximum Gasteiger partial charge on any atom is 0.224 e. The van der Waals surface area contributed by atoms with Gasteiger partial charge >= 0.3 is 0 Å². The number of hydrogen-bond acceptors (Lipinski definition) is 5. The van der Waals surface area contributed by atoms with E-state index in [0.29, 0.717) is 38.5 Å². The van der Waals surface area contributed by atoms with Gasteiger partial charge in [-0.25, -0.2) is 8.42 Å². The average Bonchev–Trinajstić information content (AvgIpc) is 2.79. The first-order valence-electron chi connectivity index (χ1n) is 7.32. The zero-order valence-electron chi connectivity index (χ0n) is 12.1. The van der Waals surface area contributed by atoms with Crippen LogP contribution in [0.3, 0.4) is 0 Å². The summed E-state index contributed by atoms with van der Waals surface area (Å²) in [6.45, 7) is 5.98. The van der Waals surface area contributed by atoms with Crippen molar-refractivity contribution in [1.82, 2.24) is 9.80 Å². The van der Waals surface area contributed by atoms with Gasteiger partial charge in [0, 0.05) is 38.8 Å². The molecule has 0 aliphatic carbocycles. The minimum absolute atomic E-state index is 0.136. The number of piperazine rings is 1. The first-order chi connectivity index (χ1) is 9.52. The molecule has 2 aliphatic rings. The first-order valence-corrected chi connectivity index (χ1v) is 9.14. The van der Waals surface area contributed by atoms with Crippen LogP contribution in [0.2, 0.25) is 0 Å². The van der Waals surface area contributed by atoms with Crippen LogP contribution >= 0.6 is 0 Å². The van der Waals surface area contributed by atoms with Crippen LogP contribution in [0, 0.1) is 0 Å². The predicted octanol–water partition coefficient (Wildman–Crippen LogP) is -0.256. The number of rotatable bonds is 5. The molecule has 1 unspecified atom stereocenters. The van der Waals surface area contributed by atoms with Gasteiger partial charge in [0.25, 0.3) is 0 Å². The molecule has 2 rings (SSSR count). The molecule has 1 amide bonds. The average molecular weight is 304 g/mol. The summed E-state index contributed by atoms with van der Waals surface area (Å²) in [6.07, 6.45) is 1.17. The van der Waals surface area contributed by atoms with Gasteiger partial charge in [0.15, 0.2) is 9.84 Å². The molecular formula is C13H24N2O4S. The zero-order valence-corrected chi connectivity index (χ0v) is 12.9. The topological polar surface area (TPSA) is 66.9 Å². The fourth-order valence-electron chi connectivity index (χ4n) is 2.86. The second kappa shape index (κ2) is 6.87. The Kier molecular flexibility index (Phi) is 5.40. The van der Waals surface area contributed by atoms with E-state index < -0.39 is 9.84 Å². The largest absolute Gasteiger partial charge is 0.381 e. The molecule has 2 aliphatic heterocycles. The predicted molar refractivity (Wildman–Crippen MR) is 76.3 cm³/mol. The van der Waals surface area contributed by atoms with E-state index in [9.17, 15) is 13.2 Å². The van der Waals surface area contributed by atoms with Crippen LogP contribution in [-0.2, 0) is 19.4 Å². The normalized spacial score (nSPS) is 26.9. The Balaban J connectivity index is 1.74. The molecule has 6 nitrogen and oxygen atoms in total. The molecule has 2 saturated heterocycles. The van der Waals surface area contributed by atoms with Crippen LogP contribution in [0.5, 0.6) is 0 Å². The number of carbonyl (C=O) groups excluding carboxylic acids is 1. The third-order valence-corrected chi connectivity index (χ3v) is 5.81. The van der Waals surface area contributed by atoms with E-state index >= 15 is 0 Å². The van der Waals surface area contributed by atoms with Crippen molar-refractivity contribution >= 4 is 15.7 Å². The molecule has 2 heterocycles.